The molecule has 34 heavy (non-hydrogen) atoms. The molecule has 4 unspecified atom stereocenters. The lowest BCUT2D eigenvalue weighted by molar-refractivity contribution is -0.143. The molecule has 1 saturated carbocycles. The van der Waals surface area contributed by atoms with Crippen LogP contribution < -0.4 is 4.74 Å². The molecule has 0 heterocycles. The van der Waals surface area contributed by atoms with Gasteiger partial charge in [-0.15, -0.1) is 0 Å². The predicted molar refractivity (Wildman–Crippen MR) is 119 cm³/mol. The molecular formula is C24H26F3O6S. The van der Waals surface area contributed by atoms with E-state index in [0.717, 1.165) is 18.4 Å². The van der Waals surface area contributed by atoms with E-state index in [0.29, 0.717) is 11.3 Å². The van der Waals surface area contributed by atoms with Gasteiger partial charge >= 0.3 is 12.1 Å². The summed E-state index contributed by atoms with van der Waals surface area (Å²) in [5, 5.41) is -1.55. The van der Waals surface area contributed by atoms with Gasteiger partial charge in [-0.1, -0.05) is 18.2 Å². The second-order valence-corrected chi connectivity index (χ2v) is 10.6. The Morgan fingerprint density at radius 3 is 2.29 bits per heavy atom. The second kappa shape index (κ2) is 9.56. The van der Waals surface area contributed by atoms with Gasteiger partial charge in [0, 0.05) is 23.7 Å². The molecule has 1 fully saturated rings. The lowest BCUT2D eigenvalue weighted by atomic mass is 9.88. The molecule has 6 nitrogen and oxygen atoms in total. The van der Waals surface area contributed by atoms with E-state index in [2.05, 4.69) is 0 Å². The van der Waals surface area contributed by atoms with Gasteiger partial charge in [0.2, 0.25) is 0 Å². The number of benzene rings is 1. The number of hydrogen-bond donors (Lipinski definition) is 0. The van der Waals surface area contributed by atoms with Crippen LogP contribution in [0.4, 0.5) is 13.2 Å². The maximum Gasteiger partial charge on any atom is 0.416 e. The van der Waals surface area contributed by atoms with E-state index in [1.807, 2.05) is 0 Å². The van der Waals surface area contributed by atoms with Crippen LogP contribution >= 0.6 is 0 Å². The predicted octanol–water partition coefficient (Wildman–Crippen LogP) is 4.13. The molecule has 2 aliphatic carbocycles. The summed E-state index contributed by atoms with van der Waals surface area (Å²) in [6.45, 7) is 1.50. The number of ketones is 1. The highest BCUT2D eigenvalue weighted by atomic mass is 32.2. The zero-order valence-electron chi connectivity index (χ0n) is 19.0. The quantitative estimate of drug-likeness (QED) is 0.375. The number of carbonyl (C=O) groups is 2. The molecule has 0 N–H and O–H groups in total. The maximum atomic E-state index is 13.1. The van der Waals surface area contributed by atoms with Crippen molar-refractivity contribution in [3.63, 3.8) is 0 Å². The third kappa shape index (κ3) is 5.21. The number of Topliss-reactive ketones (excluding diaryl/α,β-unsaturated/α-hetero) is 1. The van der Waals surface area contributed by atoms with Crippen molar-refractivity contribution >= 4 is 21.6 Å². The van der Waals surface area contributed by atoms with E-state index in [1.165, 1.54) is 26.5 Å². The zero-order chi connectivity index (χ0) is 25.3. The number of hydrogen-bond acceptors (Lipinski definition) is 6. The SMILES string of the molecule is CCOC(=O)C(C1C(CCC(=O)c2ccc(OC)cc2)C12[CH]C=C(C(F)(F)F)C=C2)S(C)(=O)=O. The number of ether oxygens (including phenoxy) is 2. The minimum absolute atomic E-state index is 0.0338. The molecule has 2 aliphatic rings. The fraction of sp³-hybridized carbons (Fsp3) is 0.458. The van der Waals surface area contributed by atoms with Crippen molar-refractivity contribution in [2.75, 3.05) is 20.0 Å². The average molecular weight is 500 g/mol. The monoisotopic (exact) mass is 499 g/mol. The lowest BCUT2D eigenvalue weighted by Crippen LogP contribution is -2.35. The Hall–Kier alpha value is -2.62. The van der Waals surface area contributed by atoms with Crippen LogP contribution in [0.1, 0.15) is 30.1 Å². The van der Waals surface area contributed by atoms with Crippen LogP contribution in [0.3, 0.4) is 0 Å². The van der Waals surface area contributed by atoms with Crippen LogP contribution in [0, 0.1) is 23.7 Å². The fourth-order valence-electron chi connectivity index (χ4n) is 4.70. The van der Waals surface area contributed by atoms with Crippen LogP contribution in [0.25, 0.3) is 0 Å². The summed E-state index contributed by atoms with van der Waals surface area (Å²) < 4.78 is 74.5. The minimum atomic E-state index is -4.56. The molecule has 0 aliphatic heterocycles. The van der Waals surface area contributed by atoms with E-state index < -0.39 is 50.1 Å². The summed E-state index contributed by atoms with van der Waals surface area (Å²) in [5.41, 5.74) is -1.53. The smallest absolute Gasteiger partial charge is 0.416 e. The number of halogens is 3. The van der Waals surface area contributed by atoms with E-state index in [9.17, 15) is 31.2 Å². The summed E-state index contributed by atoms with van der Waals surface area (Å²) in [6.07, 6.45) is 0.995. The van der Waals surface area contributed by atoms with Crippen LogP contribution in [0.5, 0.6) is 5.75 Å². The van der Waals surface area contributed by atoms with Crippen LogP contribution in [0.2, 0.25) is 0 Å². The molecule has 0 amide bonds. The Kier molecular flexibility index (Phi) is 7.31. The molecule has 1 spiro atoms. The number of sulfone groups is 1. The van der Waals surface area contributed by atoms with Crippen molar-refractivity contribution in [1.82, 2.24) is 0 Å². The van der Waals surface area contributed by atoms with E-state index in [-0.39, 0.29) is 25.2 Å². The number of carbonyl (C=O) groups excluding carboxylic acids is 2. The molecule has 4 atom stereocenters. The Morgan fingerprint density at radius 2 is 1.82 bits per heavy atom. The van der Waals surface area contributed by atoms with Gasteiger partial charge in [0.05, 0.1) is 19.3 Å². The first-order valence-electron chi connectivity index (χ1n) is 10.7. The topological polar surface area (TPSA) is 86.7 Å². The number of methoxy groups -OCH3 is 1. The van der Waals surface area contributed by atoms with Crippen molar-refractivity contribution in [3.8, 4) is 5.75 Å². The zero-order valence-corrected chi connectivity index (χ0v) is 19.8. The van der Waals surface area contributed by atoms with Gasteiger partial charge in [0.1, 0.15) is 5.75 Å². The van der Waals surface area contributed by atoms with Crippen molar-refractivity contribution in [1.29, 1.82) is 0 Å². The Balaban J connectivity index is 1.86. The van der Waals surface area contributed by atoms with Crippen molar-refractivity contribution in [2.24, 2.45) is 17.3 Å². The van der Waals surface area contributed by atoms with E-state index >= 15 is 0 Å². The van der Waals surface area contributed by atoms with Crippen molar-refractivity contribution in [2.45, 2.75) is 31.2 Å². The molecule has 1 radical (unpaired) electrons. The maximum absolute atomic E-state index is 13.1. The standard InChI is InChI=1S/C24H26F3O6S/c1-4-33-22(29)21(34(3,30)31)20-18(23(20)13-11-16(12-14-23)24(25,26)27)9-10-19(28)15-5-7-17(32-2)8-6-15/h5-8,11-14,18,20-21H,4,9-10H2,1-3H3. The number of esters is 1. The summed E-state index contributed by atoms with van der Waals surface area (Å²) >= 11 is 0. The lowest BCUT2D eigenvalue weighted by Gasteiger charge is -2.21. The molecule has 0 aromatic heterocycles. The molecule has 1 aromatic carbocycles. The fourth-order valence-corrected chi connectivity index (χ4v) is 6.07. The van der Waals surface area contributed by atoms with Gasteiger partial charge in [-0.3, -0.25) is 9.59 Å². The molecule has 0 bridgehead atoms. The third-order valence-electron chi connectivity index (χ3n) is 6.38. The molecule has 3 rings (SSSR count). The van der Waals surface area contributed by atoms with Gasteiger partial charge in [-0.25, -0.2) is 8.42 Å². The van der Waals surface area contributed by atoms with E-state index in [1.54, 1.807) is 24.3 Å². The summed E-state index contributed by atoms with van der Waals surface area (Å²) in [6, 6.07) is 6.47. The Bertz CT molecular complexity index is 1100. The van der Waals surface area contributed by atoms with Gasteiger partial charge in [-0.2, -0.15) is 13.2 Å². The molecule has 0 saturated heterocycles. The minimum Gasteiger partial charge on any atom is -0.497 e. The number of alkyl halides is 3. The van der Waals surface area contributed by atoms with Crippen LogP contribution in [-0.2, 0) is 19.4 Å². The van der Waals surface area contributed by atoms with Crippen molar-refractivity contribution < 1.29 is 40.7 Å². The molecular weight excluding hydrogens is 473 g/mol. The first-order chi connectivity index (χ1) is 15.8. The van der Waals surface area contributed by atoms with Crippen LogP contribution in [-0.4, -0.2) is 51.6 Å². The van der Waals surface area contributed by atoms with E-state index in [4.69, 9.17) is 9.47 Å². The summed E-state index contributed by atoms with van der Waals surface area (Å²) in [4.78, 5) is 25.3. The number of rotatable bonds is 9. The highest BCUT2D eigenvalue weighted by molar-refractivity contribution is 7.92. The number of allylic oxidation sites excluding steroid dienone is 4. The first kappa shape index (κ1) is 26.0. The van der Waals surface area contributed by atoms with Gasteiger partial charge in [-0.05, 0) is 55.9 Å². The third-order valence-corrected chi connectivity index (χ3v) is 7.78. The highest BCUT2D eigenvalue weighted by Gasteiger charge is 2.69. The van der Waals surface area contributed by atoms with Gasteiger partial charge in [0.15, 0.2) is 20.9 Å². The molecule has 10 heteroatoms. The largest absolute Gasteiger partial charge is 0.497 e. The van der Waals surface area contributed by atoms with Crippen LogP contribution in [0.15, 0.2) is 48.1 Å². The Morgan fingerprint density at radius 1 is 1.18 bits per heavy atom. The van der Waals surface area contributed by atoms with Gasteiger partial charge in [0.25, 0.3) is 0 Å². The molecule has 1 aromatic rings. The summed E-state index contributed by atoms with van der Waals surface area (Å²) in [7, 11) is -2.44. The first-order valence-corrected chi connectivity index (χ1v) is 12.7. The average Bonchev–Trinajstić information content (AvgIpc) is 3.34. The van der Waals surface area contributed by atoms with Crippen molar-refractivity contribution in [3.05, 3.63) is 60.1 Å². The summed E-state index contributed by atoms with van der Waals surface area (Å²) in [5.74, 6) is -1.93. The second-order valence-electron chi connectivity index (χ2n) is 8.44. The highest BCUT2D eigenvalue weighted by Crippen LogP contribution is 2.67. The normalized spacial score (nSPS) is 24.9. The molecule has 185 valence electrons. The Labute approximate surface area is 196 Å². The van der Waals surface area contributed by atoms with Gasteiger partial charge < -0.3 is 9.47 Å².